The largest absolute Gasteiger partial charge is 0.493 e. The molecular formula is C31H37Cl2N3O4S. The van der Waals surface area contributed by atoms with Gasteiger partial charge in [0.1, 0.15) is 10.6 Å². The van der Waals surface area contributed by atoms with Crippen molar-refractivity contribution in [3.05, 3.63) is 93.0 Å². The SMILES string of the molecule is Cc1cc(S(=O)(=O)NC(CC(=O)NC2CCOc3cc(CN(C)CC(C)C)ccc32)c2ccccc2)c(Cl)cc1Cl. The molecule has 0 spiro atoms. The van der Waals surface area contributed by atoms with Gasteiger partial charge >= 0.3 is 0 Å². The fraction of sp³-hybridized carbons (Fsp3) is 0.387. The van der Waals surface area contributed by atoms with Crippen LogP contribution in [0.15, 0.2) is 65.6 Å². The first-order valence-electron chi connectivity index (χ1n) is 13.7. The molecule has 10 heteroatoms. The number of carbonyl (C=O) groups is 1. The number of aryl methyl sites for hydroxylation is 1. The van der Waals surface area contributed by atoms with Crippen LogP contribution < -0.4 is 14.8 Å². The number of hydrogen-bond donors (Lipinski definition) is 2. The smallest absolute Gasteiger partial charge is 0.242 e. The van der Waals surface area contributed by atoms with Gasteiger partial charge in [-0.3, -0.25) is 4.79 Å². The summed E-state index contributed by atoms with van der Waals surface area (Å²) >= 11 is 12.4. The van der Waals surface area contributed by atoms with Crippen molar-refractivity contribution in [1.82, 2.24) is 14.9 Å². The first-order valence-corrected chi connectivity index (χ1v) is 15.9. The van der Waals surface area contributed by atoms with Crippen molar-refractivity contribution < 1.29 is 17.9 Å². The van der Waals surface area contributed by atoms with Gasteiger partial charge in [0.15, 0.2) is 0 Å². The van der Waals surface area contributed by atoms with E-state index in [1.807, 2.05) is 18.2 Å². The number of rotatable bonds is 11. The van der Waals surface area contributed by atoms with E-state index in [9.17, 15) is 13.2 Å². The number of ether oxygens (including phenoxy) is 1. The molecule has 3 aromatic carbocycles. The van der Waals surface area contributed by atoms with Gasteiger partial charge in [-0.15, -0.1) is 0 Å². The minimum atomic E-state index is -4.07. The van der Waals surface area contributed by atoms with Crippen LogP contribution in [0.4, 0.5) is 0 Å². The maximum atomic E-state index is 13.4. The number of fused-ring (bicyclic) bond motifs is 1. The zero-order chi connectivity index (χ0) is 29.7. The van der Waals surface area contributed by atoms with Crippen LogP contribution in [-0.2, 0) is 21.4 Å². The lowest BCUT2D eigenvalue weighted by molar-refractivity contribution is -0.122. The Kier molecular flexibility index (Phi) is 10.4. The van der Waals surface area contributed by atoms with E-state index in [1.54, 1.807) is 31.2 Å². The Morgan fingerprint density at radius 3 is 2.51 bits per heavy atom. The van der Waals surface area contributed by atoms with Crippen LogP contribution >= 0.6 is 23.2 Å². The topological polar surface area (TPSA) is 87.7 Å². The normalized spacial score (nSPS) is 15.9. The van der Waals surface area contributed by atoms with Gasteiger partial charge in [-0.1, -0.05) is 79.5 Å². The lowest BCUT2D eigenvalue weighted by atomic mass is 9.97. The highest BCUT2D eigenvalue weighted by Crippen LogP contribution is 2.34. The number of nitrogens with one attached hydrogen (secondary N) is 2. The summed E-state index contributed by atoms with van der Waals surface area (Å²) in [5.41, 5.74) is 3.31. The van der Waals surface area contributed by atoms with Gasteiger partial charge in [-0.2, -0.15) is 0 Å². The van der Waals surface area contributed by atoms with Crippen molar-refractivity contribution in [3.8, 4) is 5.75 Å². The molecule has 4 rings (SSSR count). The Morgan fingerprint density at radius 2 is 1.80 bits per heavy atom. The summed E-state index contributed by atoms with van der Waals surface area (Å²) < 4.78 is 35.5. The molecule has 2 atom stereocenters. The average Bonchev–Trinajstić information content (AvgIpc) is 2.90. The minimum Gasteiger partial charge on any atom is -0.493 e. The van der Waals surface area contributed by atoms with E-state index in [2.05, 4.69) is 41.9 Å². The minimum absolute atomic E-state index is 0.0120. The van der Waals surface area contributed by atoms with Crippen molar-refractivity contribution in [2.45, 2.75) is 57.1 Å². The molecule has 0 fully saturated rings. The Balaban J connectivity index is 1.51. The number of benzene rings is 3. The molecule has 1 amide bonds. The highest BCUT2D eigenvalue weighted by Gasteiger charge is 2.29. The average molecular weight is 619 g/mol. The predicted molar refractivity (Wildman–Crippen MR) is 164 cm³/mol. The fourth-order valence-electron chi connectivity index (χ4n) is 5.12. The highest BCUT2D eigenvalue weighted by atomic mass is 35.5. The summed E-state index contributed by atoms with van der Waals surface area (Å²) in [6.07, 6.45) is 0.519. The monoisotopic (exact) mass is 617 g/mol. The quantitative estimate of drug-likeness (QED) is 0.258. The second-order valence-corrected chi connectivity index (χ2v) is 13.5. The van der Waals surface area contributed by atoms with Crippen molar-refractivity contribution in [3.63, 3.8) is 0 Å². The molecule has 1 heterocycles. The fourth-order valence-corrected chi connectivity index (χ4v) is 7.18. The van der Waals surface area contributed by atoms with Crippen LogP contribution in [0.25, 0.3) is 0 Å². The van der Waals surface area contributed by atoms with Crippen molar-refractivity contribution >= 4 is 39.1 Å². The van der Waals surface area contributed by atoms with E-state index in [0.717, 1.165) is 30.0 Å². The first kappa shape index (κ1) is 31.3. The Hall–Kier alpha value is -2.62. The van der Waals surface area contributed by atoms with Gasteiger partial charge in [0.05, 0.1) is 23.7 Å². The zero-order valence-electron chi connectivity index (χ0n) is 23.8. The summed E-state index contributed by atoms with van der Waals surface area (Å²) in [6.45, 7) is 8.38. The molecule has 0 aromatic heterocycles. The molecule has 41 heavy (non-hydrogen) atoms. The highest BCUT2D eigenvalue weighted by molar-refractivity contribution is 7.89. The van der Waals surface area contributed by atoms with Gasteiger partial charge in [-0.25, -0.2) is 13.1 Å². The second kappa shape index (κ2) is 13.6. The molecule has 1 aliphatic rings. The lowest BCUT2D eigenvalue weighted by Gasteiger charge is -2.28. The number of halogens is 2. The summed E-state index contributed by atoms with van der Waals surface area (Å²) in [7, 11) is -1.97. The number of hydrogen-bond acceptors (Lipinski definition) is 5. The molecular weight excluding hydrogens is 581 g/mol. The molecule has 1 aliphatic heterocycles. The molecule has 0 saturated carbocycles. The van der Waals surface area contributed by atoms with Crippen molar-refractivity contribution in [2.24, 2.45) is 5.92 Å². The molecule has 2 N–H and O–H groups in total. The maximum absolute atomic E-state index is 13.4. The van der Waals surface area contributed by atoms with Crippen LogP contribution in [0.3, 0.4) is 0 Å². The van der Waals surface area contributed by atoms with Crippen LogP contribution in [0, 0.1) is 12.8 Å². The third kappa shape index (κ3) is 8.23. The number of sulfonamides is 1. The summed E-state index contributed by atoms with van der Waals surface area (Å²) in [5.74, 6) is 1.06. The van der Waals surface area contributed by atoms with Gasteiger partial charge in [-0.05, 0) is 54.8 Å². The molecule has 2 unspecified atom stereocenters. The van der Waals surface area contributed by atoms with Crippen molar-refractivity contribution in [1.29, 1.82) is 0 Å². The molecule has 7 nitrogen and oxygen atoms in total. The van der Waals surface area contributed by atoms with Crippen LogP contribution in [0.5, 0.6) is 5.75 Å². The second-order valence-electron chi connectivity index (χ2n) is 11.0. The number of carbonyl (C=O) groups excluding carboxylic acids is 1. The van der Waals surface area contributed by atoms with Gasteiger partial charge in [0, 0.05) is 36.5 Å². The van der Waals surface area contributed by atoms with E-state index in [-0.39, 0.29) is 28.3 Å². The Labute approximate surface area is 253 Å². The number of amides is 1. The van der Waals surface area contributed by atoms with Gasteiger partial charge in [0.25, 0.3) is 0 Å². The molecule has 220 valence electrons. The summed E-state index contributed by atoms with van der Waals surface area (Å²) in [5, 5.41) is 3.49. The summed E-state index contributed by atoms with van der Waals surface area (Å²) in [6, 6.07) is 16.9. The van der Waals surface area contributed by atoms with Crippen LogP contribution in [0.1, 0.15) is 61.0 Å². The molecule has 0 saturated heterocycles. The van der Waals surface area contributed by atoms with E-state index in [4.69, 9.17) is 27.9 Å². The number of nitrogens with zero attached hydrogens (tertiary/aromatic N) is 1. The molecule has 0 radical (unpaired) electrons. The zero-order valence-corrected chi connectivity index (χ0v) is 26.1. The first-order chi connectivity index (χ1) is 19.4. The van der Waals surface area contributed by atoms with E-state index < -0.39 is 16.1 Å². The lowest BCUT2D eigenvalue weighted by Crippen LogP contribution is -2.36. The van der Waals surface area contributed by atoms with E-state index in [0.29, 0.717) is 35.1 Å². The van der Waals surface area contributed by atoms with E-state index in [1.165, 1.54) is 12.1 Å². The molecule has 0 aliphatic carbocycles. The maximum Gasteiger partial charge on any atom is 0.242 e. The van der Waals surface area contributed by atoms with Crippen molar-refractivity contribution in [2.75, 3.05) is 20.2 Å². The molecule has 0 bridgehead atoms. The Bertz CT molecular complexity index is 1480. The summed E-state index contributed by atoms with van der Waals surface area (Å²) in [4.78, 5) is 15.6. The van der Waals surface area contributed by atoms with Gasteiger partial charge in [0.2, 0.25) is 15.9 Å². The van der Waals surface area contributed by atoms with Crippen LogP contribution in [-0.4, -0.2) is 39.4 Å². The third-order valence-electron chi connectivity index (χ3n) is 6.97. The third-order valence-corrected chi connectivity index (χ3v) is 9.32. The molecule has 3 aromatic rings. The standard InChI is InChI=1S/C31H37Cl2N3O4S/c1-20(2)18-36(4)19-22-10-11-24-27(12-13-40-29(24)15-22)34-31(37)17-28(23-8-6-5-7-9-23)35-41(38,39)30-14-21(3)25(32)16-26(30)33/h5-11,14-16,20,27-28,35H,12-13,17-19H2,1-4H3,(H,34,37). The van der Waals surface area contributed by atoms with Crippen LogP contribution in [0.2, 0.25) is 10.0 Å². The van der Waals surface area contributed by atoms with E-state index >= 15 is 0 Å². The van der Waals surface area contributed by atoms with Gasteiger partial charge < -0.3 is 15.0 Å². The Morgan fingerprint density at radius 1 is 1.07 bits per heavy atom. The predicted octanol–water partition coefficient (Wildman–Crippen LogP) is 6.44.